The number of hydrogen-bond acceptors (Lipinski definition) is 2. The van der Waals surface area contributed by atoms with Gasteiger partial charge in [0.15, 0.2) is 0 Å². The Balaban J connectivity index is 1.71. The maximum absolute atomic E-state index is 5.72. The smallest absolute Gasteiger partial charge is 0.119 e. The van der Waals surface area contributed by atoms with Crippen molar-refractivity contribution in [3.8, 4) is 5.75 Å². The molecule has 1 atom stereocenters. The lowest BCUT2D eigenvalue weighted by atomic mass is 10.2. The molecule has 18 heavy (non-hydrogen) atoms. The Morgan fingerprint density at radius 1 is 0.889 bits per heavy atom. The number of hydrogen-bond donors (Lipinski definition) is 0. The van der Waals surface area contributed by atoms with Crippen molar-refractivity contribution >= 4 is 0 Å². The van der Waals surface area contributed by atoms with E-state index < -0.39 is 0 Å². The molecule has 1 unspecified atom stereocenters. The van der Waals surface area contributed by atoms with Crippen molar-refractivity contribution in [2.75, 3.05) is 6.61 Å². The number of benzene rings is 2. The van der Waals surface area contributed by atoms with Crippen molar-refractivity contribution < 1.29 is 9.47 Å². The van der Waals surface area contributed by atoms with Crippen LogP contribution in [0.2, 0.25) is 0 Å². The van der Waals surface area contributed by atoms with E-state index in [-0.39, 0.29) is 6.10 Å². The van der Waals surface area contributed by atoms with Crippen molar-refractivity contribution in [3.63, 3.8) is 0 Å². The van der Waals surface area contributed by atoms with E-state index in [0.29, 0.717) is 13.2 Å². The molecule has 0 aliphatic carbocycles. The van der Waals surface area contributed by atoms with Crippen LogP contribution >= 0.6 is 0 Å². The van der Waals surface area contributed by atoms with E-state index in [1.807, 2.05) is 55.5 Å². The largest absolute Gasteiger partial charge is 0.491 e. The zero-order chi connectivity index (χ0) is 12.6. The van der Waals surface area contributed by atoms with Crippen LogP contribution in [0.5, 0.6) is 5.75 Å². The minimum Gasteiger partial charge on any atom is -0.491 e. The van der Waals surface area contributed by atoms with Gasteiger partial charge >= 0.3 is 0 Å². The molecule has 2 heteroatoms. The standard InChI is InChI=1S/C16H18O2/c1-14(12-18-16-10-6-3-7-11-16)17-13-15-8-4-2-5-9-15/h2-11,14H,12-13H2,1H3. The van der Waals surface area contributed by atoms with Crippen molar-refractivity contribution in [2.45, 2.75) is 19.6 Å². The molecule has 0 bridgehead atoms. The van der Waals surface area contributed by atoms with Crippen molar-refractivity contribution in [1.82, 2.24) is 0 Å². The molecule has 0 fully saturated rings. The third-order valence-corrected chi connectivity index (χ3v) is 2.61. The number of rotatable bonds is 6. The first-order chi connectivity index (χ1) is 8.84. The fourth-order valence-electron chi connectivity index (χ4n) is 1.59. The first kappa shape index (κ1) is 12.7. The lowest BCUT2D eigenvalue weighted by Crippen LogP contribution is -2.17. The van der Waals surface area contributed by atoms with Crippen molar-refractivity contribution in [1.29, 1.82) is 0 Å². The van der Waals surface area contributed by atoms with Gasteiger partial charge in [-0.05, 0) is 24.6 Å². The van der Waals surface area contributed by atoms with Gasteiger partial charge in [-0.2, -0.15) is 0 Å². The highest BCUT2D eigenvalue weighted by molar-refractivity contribution is 5.20. The Morgan fingerprint density at radius 3 is 2.17 bits per heavy atom. The second-order valence-electron chi connectivity index (χ2n) is 4.23. The summed E-state index contributed by atoms with van der Waals surface area (Å²) in [7, 11) is 0. The van der Waals surface area contributed by atoms with Gasteiger partial charge < -0.3 is 9.47 Å². The molecule has 0 N–H and O–H groups in total. The second-order valence-corrected chi connectivity index (χ2v) is 4.23. The summed E-state index contributed by atoms with van der Waals surface area (Å²) in [6, 6.07) is 20.0. The topological polar surface area (TPSA) is 18.5 Å². The number of ether oxygens (including phenoxy) is 2. The quantitative estimate of drug-likeness (QED) is 0.769. The first-order valence-corrected chi connectivity index (χ1v) is 6.18. The predicted molar refractivity (Wildman–Crippen MR) is 72.6 cm³/mol. The normalized spacial score (nSPS) is 12.1. The van der Waals surface area contributed by atoms with Crippen LogP contribution in [-0.4, -0.2) is 12.7 Å². The number of para-hydroxylation sites is 1. The average molecular weight is 242 g/mol. The fourth-order valence-corrected chi connectivity index (χ4v) is 1.59. The Hall–Kier alpha value is -1.80. The molecule has 0 aromatic heterocycles. The van der Waals surface area contributed by atoms with Crippen molar-refractivity contribution in [3.05, 3.63) is 66.2 Å². The third kappa shape index (κ3) is 4.22. The molecule has 0 saturated heterocycles. The zero-order valence-corrected chi connectivity index (χ0v) is 10.6. The molecule has 0 amide bonds. The van der Waals surface area contributed by atoms with Crippen LogP contribution in [0.15, 0.2) is 60.7 Å². The average Bonchev–Trinajstić information content (AvgIpc) is 2.45. The summed E-state index contributed by atoms with van der Waals surface area (Å²) in [5, 5.41) is 0. The monoisotopic (exact) mass is 242 g/mol. The minimum absolute atomic E-state index is 0.0745. The molecule has 0 radical (unpaired) electrons. The van der Waals surface area contributed by atoms with Gasteiger partial charge in [0.1, 0.15) is 12.4 Å². The highest BCUT2D eigenvalue weighted by Gasteiger charge is 2.03. The molecule has 0 saturated carbocycles. The lowest BCUT2D eigenvalue weighted by Gasteiger charge is -2.14. The summed E-state index contributed by atoms with van der Waals surface area (Å²) in [6.45, 7) is 3.21. The van der Waals surface area contributed by atoms with Gasteiger partial charge in [-0.1, -0.05) is 48.5 Å². The predicted octanol–water partition coefficient (Wildman–Crippen LogP) is 3.67. The van der Waals surface area contributed by atoms with Gasteiger partial charge in [-0.25, -0.2) is 0 Å². The molecule has 2 aromatic rings. The van der Waals surface area contributed by atoms with Crippen LogP contribution in [0, 0.1) is 0 Å². The maximum Gasteiger partial charge on any atom is 0.119 e. The Labute approximate surface area is 108 Å². The summed E-state index contributed by atoms with van der Waals surface area (Å²) in [6.07, 6.45) is 0.0745. The molecule has 94 valence electrons. The van der Waals surface area contributed by atoms with E-state index in [9.17, 15) is 0 Å². The molecule has 2 aromatic carbocycles. The molecule has 0 heterocycles. The SMILES string of the molecule is CC(COc1ccccc1)OCc1ccccc1. The summed E-state index contributed by atoms with van der Waals surface area (Å²) in [5.74, 6) is 0.882. The van der Waals surface area contributed by atoms with E-state index in [1.165, 1.54) is 5.56 Å². The van der Waals surface area contributed by atoms with Crippen molar-refractivity contribution in [2.24, 2.45) is 0 Å². The van der Waals surface area contributed by atoms with E-state index in [1.54, 1.807) is 0 Å². The molecule has 2 nitrogen and oxygen atoms in total. The van der Waals surface area contributed by atoms with Crippen LogP contribution in [0.25, 0.3) is 0 Å². The Bertz CT molecular complexity index is 396. The van der Waals surface area contributed by atoms with Gasteiger partial charge in [0, 0.05) is 0 Å². The van der Waals surface area contributed by atoms with E-state index in [0.717, 1.165) is 5.75 Å². The second kappa shape index (κ2) is 6.82. The molecule has 2 rings (SSSR count). The summed E-state index contributed by atoms with van der Waals surface area (Å²) in [5.41, 5.74) is 1.18. The highest BCUT2D eigenvalue weighted by atomic mass is 16.5. The lowest BCUT2D eigenvalue weighted by molar-refractivity contribution is 0.0214. The first-order valence-electron chi connectivity index (χ1n) is 6.18. The molecule has 0 aliphatic heterocycles. The van der Waals surface area contributed by atoms with Crippen LogP contribution < -0.4 is 4.74 Å². The molecule has 0 spiro atoms. The van der Waals surface area contributed by atoms with Crippen LogP contribution in [0.1, 0.15) is 12.5 Å². The summed E-state index contributed by atoms with van der Waals surface area (Å²) in [4.78, 5) is 0. The van der Waals surface area contributed by atoms with Crippen LogP contribution in [0.3, 0.4) is 0 Å². The molecular weight excluding hydrogens is 224 g/mol. The third-order valence-electron chi connectivity index (χ3n) is 2.61. The van der Waals surface area contributed by atoms with Gasteiger partial charge in [0.05, 0.1) is 12.7 Å². The highest BCUT2D eigenvalue weighted by Crippen LogP contribution is 2.10. The molecule has 0 aliphatic rings. The van der Waals surface area contributed by atoms with Gasteiger partial charge in [0.25, 0.3) is 0 Å². The summed E-state index contributed by atoms with van der Waals surface area (Å²) < 4.78 is 11.4. The Kier molecular flexibility index (Phi) is 4.79. The zero-order valence-electron chi connectivity index (χ0n) is 10.6. The van der Waals surface area contributed by atoms with E-state index in [4.69, 9.17) is 9.47 Å². The van der Waals surface area contributed by atoms with Gasteiger partial charge in [0.2, 0.25) is 0 Å². The Morgan fingerprint density at radius 2 is 1.50 bits per heavy atom. The van der Waals surface area contributed by atoms with Gasteiger partial charge in [-0.15, -0.1) is 0 Å². The van der Waals surface area contributed by atoms with Gasteiger partial charge in [-0.3, -0.25) is 0 Å². The maximum atomic E-state index is 5.72. The fraction of sp³-hybridized carbons (Fsp3) is 0.250. The summed E-state index contributed by atoms with van der Waals surface area (Å²) >= 11 is 0. The van der Waals surface area contributed by atoms with Crippen LogP contribution in [0.4, 0.5) is 0 Å². The minimum atomic E-state index is 0.0745. The van der Waals surface area contributed by atoms with E-state index in [2.05, 4.69) is 12.1 Å². The van der Waals surface area contributed by atoms with Crippen LogP contribution in [-0.2, 0) is 11.3 Å². The molecular formula is C16H18O2. The van der Waals surface area contributed by atoms with E-state index >= 15 is 0 Å².